The fraction of sp³-hybridized carbons (Fsp3) is 0.0909. The highest BCUT2D eigenvalue weighted by molar-refractivity contribution is 5.92. The van der Waals surface area contributed by atoms with E-state index < -0.39 is 5.91 Å². The van der Waals surface area contributed by atoms with Crippen molar-refractivity contribution in [3.8, 4) is 17.6 Å². The van der Waals surface area contributed by atoms with E-state index in [0.717, 1.165) is 16.5 Å². The number of hydrogen-bond donors (Lipinski definition) is 1. The van der Waals surface area contributed by atoms with Crippen LogP contribution in [0.3, 0.4) is 0 Å². The highest BCUT2D eigenvalue weighted by Gasteiger charge is 2.17. The summed E-state index contributed by atoms with van der Waals surface area (Å²) in [4.78, 5) is 17.0. The van der Waals surface area contributed by atoms with Crippen molar-refractivity contribution in [2.45, 2.75) is 6.92 Å². The number of benzene rings is 2. The number of aryl methyl sites for hydroxylation is 1. The number of pyridine rings is 1. The first-order valence-electron chi connectivity index (χ1n) is 8.98. The van der Waals surface area contributed by atoms with Crippen LogP contribution >= 0.6 is 0 Å². The Morgan fingerprint density at radius 3 is 2.72 bits per heavy atom. The summed E-state index contributed by atoms with van der Waals surface area (Å²) in [5.74, 6) is 0.964. The molecule has 1 amide bonds. The van der Waals surface area contributed by atoms with Crippen LogP contribution in [0.1, 0.15) is 11.1 Å². The lowest BCUT2D eigenvalue weighted by atomic mass is 10.1. The van der Waals surface area contributed by atoms with Crippen LogP contribution in [0.5, 0.6) is 5.75 Å². The van der Waals surface area contributed by atoms with Crippen molar-refractivity contribution in [3.05, 3.63) is 78.0 Å². The second-order valence-corrected chi connectivity index (χ2v) is 6.39. The molecule has 0 saturated heterocycles. The van der Waals surface area contributed by atoms with Crippen LogP contribution in [0, 0.1) is 18.3 Å². The van der Waals surface area contributed by atoms with Crippen molar-refractivity contribution >= 4 is 22.6 Å². The van der Waals surface area contributed by atoms with E-state index in [2.05, 4.69) is 21.5 Å². The summed E-state index contributed by atoms with van der Waals surface area (Å²) in [6, 6.07) is 20.7. The molecule has 29 heavy (non-hydrogen) atoms. The Bertz CT molecular complexity index is 1230. The first-order chi connectivity index (χ1) is 14.2. The van der Waals surface area contributed by atoms with Crippen LogP contribution in [0.4, 0.5) is 5.82 Å². The Morgan fingerprint density at radius 2 is 1.93 bits per heavy atom. The molecule has 0 fully saturated rings. The van der Waals surface area contributed by atoms with Crippen LogP contribution in [0.15, 0.2) is 66.9 Å². The molecular formula is C22H17N5O2. The minimum Gasteiger partial charge on any atom is -0.484 e. The van der Waals surface area contributed by atoms with Crippen LogP contribution in [0.25, 0.3) is 16.7 Å². The molecule has 142 valence electrons. The molecule has 0 aliphatic carbocycles. The fourth-order valence-electron chi connectivity index (χ4n) is 3.00. The predicted molar refractivity (Wildman–Crippen MR) is 109 cm³/mol. The van der Waals surface area contributed by atoms with Crippen molar-refractivity contribution in [2.75, 3.05) is 11.9 Å². The lowest BCUT2D eigenvalue weighted by Gasteiger charge is -2.11. The standard InChI is InChI=1S/C22H17N5O2/c1-15-11-20(25-19-10-6-5-9-18(15)19)27-22(16(12-23)13-24-27)26-21(28)14-29-17-7-3-2-4-8-17/h2-11,13H,14H2,1H3,(H,26,28). The van der Waals surface area contributed by atoms with Gasteiger partial charge in [0.1, 0.15) is 17.4 Å². The van der Waals surface area contributed by atoms with E-state index in [1.165, 1.54) is 10.9 Å². The van der Waals surface area contributed by atoms with Gasteiger partial charge in [0.25, 0.3) is 5.91 Å². The largest absolute Gasteiger partial charge is 0.484 e. The maximum atomic E-state index is 12.4. The number of aromatic nitrogens is 3. The predicted octanol–water partition coefficient (Wildman–Crippen LogP) is 3.62. The van der Waals surface area contributed by atoms with E-state index >= 15 is 0 Å². The average molecular weight is 383 g/mol. The molecule has 7 nitrogen and oxygen atoms in total. The van der Waals surface area contributed by atoms with E-state index in [0.29, 0.717) is 11.6 Å². The number of nitrogens with zero attached hydrogens (tertiary/aromatic N) is 4. The van der Waals surface area contributed by atoms with Crippen LogP contribution in [0.2, 0.25) is 0 Å². The molecule has 4 aromatic rings. The number of ether oxygens (including phenoxy) is 1. The van der Waals surface area contributed by atoms with E-state index in [4.69, 9.17) is 4.74 Å². The fourth-order valence-corrected chi connectivity index (χ4v) is 3.00. The zero-order valence-corrected chi connectivity index (χ0v) is 15.7. The Morgan fingerprint density at radius 1 is 1.17 bits per heavy atom. The molecule has 0 radical (unpaired) electrons. The van der Waals surface area contributed by atoms with E-state index in [1.54, 1.807) is 12.1 Å². The van der Waals surface area contributed by atoms with Gasteiger partial charge in [0.15, 0.2) is 18.2 Å². The zero-order chi connectivity index (χ0) is 20.2. The average Bonchev–Trinajstić information content (AvgIpc) is 3.15. The summed E-state index contributed by atoms with van der Waals surface area (Å²) in [5.41, 5.74) is 2.07. The summed E-state index contributed by atoms with van der Waals surface area (Å²) in [7, 11) is 0. The minimum atomic E-state index is -0.399. The van der Waals surface area contributed by atoms with Gasteiger partial charge in [0.05, 0.1) is 11.7 Å². The quantitative estimate of drug-likeness (QED) is 0.568. The zero-order valence-electron chi connectivity index (χ0n) is 15.7. The van der Waals surface area contributed by atoms with Crippen molar-refractivity contribution in [1.29, 1.82) is 5.26 Å². The van der Waals surface area contributed by atoms with Gasteiger partial charge in [-0.2, -0.15) is 15.0 Å². The highest BCUT2D eigenvalue weighted by atomic mass is 16.5. The molecule has 2 aromatic carbocycles. The van der Waals surface area contributed by atoms with Gasteiger partial charge in [-0.3, -0.25) is 4.79 Å². The number of amides is 1. The third kappa shape index (κ3) is 3.77. The van der Waals surface area contributed by atoms with Gasteiger partial charge in [-0.25, -0.2) is 4.98 Å². The molecule has 2 aromatic heterocycles. The number of para-hydroxylation sites is 2. The van der Waals surface area contributed by atoms with E-state index in [1.807, 2.05) is 55.5 Å². The molecule has 0 atom stereocenters. The topological polar surface area (TPSA) is 92.8 Å². The second kappa shape index (κ2) is 7.82. The van der Waals surface area contributed by atoms with Crippen LogP contribution in [-0.2, 0) is 4.79 Å². The molecule has 1 N–H and O–H groups in total. The first kappa shape index (κ1) is 18.2. The first-order valence-corrected chi connectivity index (χ1v) is 8.98. The number of carbonyl (C=O) groups excluding carboxylic acids is 1. The Labute approximate surface area is 167 Å². The summed E-state index contributed by atoms with van der Waals surface area (Å²) in [6.07, 6.45) is 1.40. The third-order valence-corrected chi connectivity index (χ3v) is 4.39. The van der Waals surface area contributed by atoms with Gasteiger partial charge in [-0.1, -0.05) is 36.4 Å². The second-order valence-electron chi connectivity index (χ2n) is 6.39. The number of rotatable bonds is 5. The number of anilines is 1. The molecule has 0 saturated carbocycles. The molecule has 2 heterocycles. The SMILES string of the molecule is Cc1cc(-n2ncc(C#N)c2NC(=O)COc2ccccc2)nc2ccccc12. The summed E-state index contributed by atoms with van der Waals surface area (Å²) < 4.78 is 6.93. The molecule has 7 heteroatoms. The number of nitrogens with one attached hydrogen (secondary N) is 1. The van der Waals surface area contributed by atoms with E-state index in [9.17, 15) is 10.1 Å². The Hall–Kier alpha value is -4.18. The maximum Gasteiger partial charge on any atom is 0.263 e. The number of carbonyl (C=O) groups is 1. The number of fused-ring (bicyclic) bond motifs is 1. The molecule has 0 aliphatic heterocycles. The summed E-state index contributed by atoms with van der Waals surface area (Å²) >= 11 is 0. The van der Waals surface area contributed by atoms with Gasteiger partial charge in [-0.05, 0) is 36.8 Å². The Kier molecular flexibility index (Phi) is 4.91. The number of hydrogen-bond acceptors (Lipinski definition) is 5. The van der Waals surface area contributed by atoms with Gasteiger partial charge in [0, 0.05) is 5.39 Å². The molecule has 4 rings (SSSR count). The lowest BCUT2D eigenvalue weighted by molar-refractivity contribution is -0.118. The van der Waals surface area contributed by atoms with Crippen molar-refractivity contribution in [3.63, 3.8) is 0 Å². The summed E-state index contributed by atoms with van der Waals surface area (Å²) in [5, 5.41) is 17.4. The monoisotopic (exact) mass is 383 g/mol. The van der Waals surface area contributed by atoms with Crippen molar-refractivity contribution in [2.24, 2.45) is 0 Å². The van der Waals surface area contributed by atoms with E-state index in [-0.39, 0.29) is 18.0 Å². The number of nitriles is 1. The van der Waals surface area contributed by atoms with Gasteiger partial charge < -0.3 is 10.1 Å². The van der Waals surface area contributed by atoms with Crippen molar-refractivity contribution < 1.29 is 9.53 Å². The van der Waals surface area contributed by atoms with Crippen LogP contribution < -0.4 is 10.1 Å². The lowest BCUT2D eigenvalue weighted by Crippen LogP contribution is -2.22. The highest BCUT2D eigenvalue weighted by Crippen LogP contribution is 2.23. The van der Waals surface area contributed by atoms with Gasteiger partial charge >= 0.3 is 0 Å². The minimum absolute atomic E-state index is 0.190. The molecule has 0 bridgehead atoms. The normalized spacial score (nSPS) is 10.5. The Balaban J connectivity index is 1.62. The smallest absolute Gasteiger partial charge is 0.263 e. The molecule has 0 spiro atoms. The van der Waals surface area contributed by atoms with Crippen LogP contribution in [-0.4, -0.2) is 27.3 Å². The molecule has 0 unspecified atom stereocenters. The molecule has 0 aliphatic rings. The summed E-state index contributed by atoms with van der Waals surface area (Å²) in [6.45, 7) is 1.79. The third-order valence-electron chi connectivity index (χ3n) is 4.39. The van der Waals surface area contributed by atoms with Gasteiger partial charge in [-0.15, -0.1) is 0 Å². The van der Waals surface area contributed by atoms with Crippen molar-refractivity contribution in [1.82, 2.24) is 14.8 Å². The molecular weight excluding hydrogens is 366 g/mol. The maximum absolute atomic E-state index is 12.4. The van der Waals surface area contributed by atoms with Gasteiger partial charge in [0.2, 0.25) is 0 Å².